The molecule has 1 spiro atoms. The molecule has 2 aromatic rings. The maximum Gasteiger partial charge on any atom is 0.255 e. The van der Waals surface area contributed by atoms with Gasteiger partial charge in [-0.1, -0.05) is 12.5 Å². The molecule has 1 aromatic heterocycles. The smallest absolute Gasteiger partial charge is 0.255 e. The van der Waals surface area contributed by atoms with Crippen LogP contribution in [0.2, 0.25) is 0 Å². The first kappa shape index (κ1) is 24.5. The molecule has 198 valence electrons. The van der Waals surface area contributed by atoms with Gasteiger partial charge in [-0.3, -0.25) is 14.6 Å². The molecule has 1 aliphatic carbocycles. The molecule has 0 atom stereocenters. The second-order valence-corrected chi connectivity index (χ2v) is 11.5. The number of rotatable bonds is 5. The first-order valence-electron chi connectivity index (χ1n) is 14.3. The van der Waals surface area contributed by atoms with Crippen molar-refractivity contribution in [1.82, 2.24) is 20.2 Å². The van der Waals surface area contributed by atoms with E-state index in [2.05, 4.69) is 44.2 Å². The van der Waals surface area contributed by atoms with Gasteiger partial charge in [-0.05, 0) is 82.2 Å². The number of nitrogens with one attached hydrogen (secondary N) is 2. The van der Waals surface area contributed by atoms with Gasteiger partial charge < -0.3 is 20.0 Å². The number of piperidine rings is 2. The largest absolute Gasteiger partial charge is 0.373 e. The van der Waals surface area contributed by atoms with Crippen LogP contribution in [0.5, 0.6) is 0 Å². The Morgan fingerprint density at radius 3 is 2.65 bits per heavy atom. The van der Waals surface area contributed by atoms with E-state index in [0.717, 1.165) is 101 Å². The van der Waals surface area contributed by atoms with Gasteiger partial charge in [0.1, 0.15) is 0 Å². The summed E-state index contributed by atoms with van der Waals surface area (Å²) >= 11 is 0. The molecule has 2 saturated heterocycles. The van der Waals surface area contributed by atoms with Crippen molar-refractivity contribution in [3.8, 4) is 0 Å². The Kier molecular flexibility index (Phi) is 6.69. The first-order chi connectivity index (χ1) is 18.0. The summed E-state index contributed by atoms with van der Waals surface area (Å²) in [6.07, 6.45) is 9.85. The molecule has 1 amide bonds. The van der Waals surface area contributed by atoms with Gasteiger partial charge in [-0.25, -0.2) is 4.98 Å². The average molecular weight is 505 g/mol. The van der Waals surface area contributed by atoms with E-state index in [-0.39, 0.29) is 16.9 Å². The molecule has 2 N–H and O–H groups in total. The number of nitrogens with zero attached hydrogens (tertiary/aromatic N) is 4. The number of amides is 1. The van der Waals surface area contributed by atoms with E-state index in [0.29, 0.717) is 6.54 Å². The van der Waals surface area contributed by atoms with Crippen molar-refractivity contribution in [2.45, 2.75) is 63.2 Å². The van der Waals surface area contributed by atoms with Crippen LogP contribution in [-0.4, -0.2) is 73.6 Å². The topological polar surface area (TPSA) is 84.6 Å². The molecule has 37 heavy (non-hydrogen) atoms. The predicted octanol–water partition coefficient (Wildman–Crippen LogP) is 2.85. The van der Waals surface area contributed by atoms with E-state index in [1.807, 2.05) is 6.07 Å². The van der Waals surface area contributed by atoms with Crippen molar-refractivity contribution in [1.29, 1.82) is 0 Å². The van der Waals surface area contributed by atoms with Gasteiger partial charge in [0, 0.05) is 62.0 Å². The number of likely N-dealkylation sites (N-methyl/N-ethyl adjacent to an activating group) is 1. The number of H-pyrrole nitrogens is 1. The molecule has 8 heteroatoms. The first-order valence-corrected chi connectivity index (χ1v) is 14.3. The van der Waals surface area contributed by atoms with Crippen LogP contribution in [0.3, 0.4) is 0 Å². The maximum absolute atomic E-state index is 12.9. The summed E-state index contributed by atoms with van der Waals surface area (Å²) < 4.78 is 0. The molecule has 0 bridgehead atoms. The second kappa shape index (κ2) is 10.1. The lowest BCUT2D eigenvalue weighted by atomic mass is 9.74. The van der Waals surface area contributed by atoms with E-state index in [4.69, 9.17) is 4.98 Å². The zero-order valence-electron chi connectivity index (χ0n) is 22.2. The van der Waals surface area contributed by atoms with Crippen LogP contribution in [0.15, 0.2) is 23.0 Å². The highest BCUT2D eigenvalue weighted by molar-refractivity contribution is 5.95. The molecule has 0 unspecified atom stereocenters. The second-order valence-electron chi connectivity index (χ2n) is 11.5. The van der Waals surface area contributed by atoms with Crippen LogP contribution < -0.4 is 20.7 Å². The summed E-state index contributed by atoms with van der Waals surface area (Å²) in [5, 5.41) is 3.13. The van der Waals surface area contributed by atoms with Crippen LogP contribution >= 0.6 is 0 Å². The van der Waals surface area contributed by atoms with Gasteiger partial charge in [0.05, 0.1) is 5.69 Å². The normalized spacial score (nSPS) is 21.1. The number of fused-ring (bicyclic) bond motifs is 3. The van der Waals surface area contributed by atoms with Crippen LogP contribution in [0, 0.1) is 0 Å². The van der Waals surface area contributed by atoms with Crippen molar-refractivity contribution in [3.63, 3.8) is 0 Å². The number of aryl methyl sites for hydroxylation is 1. The Hall–Kier alpha value is -2.87. The van der Waals surface area contributed by atoms with Gasteiger partial charge >= 0.3 is 0 Å². The monoisotopic (exact) mass is 504 g/mol. The van der Waals surface area contributed by atoms with Gasteiger partial charge in [0.25, 0.3) is 11.5 Å². The van der Waals surface area contributed by atoms with Gasteiger partial charge in [-0.15, -0.1) is 0 Å². The number of hydrogen-bond acceptors (Lipinski definition) is 6. The zero-order chi connectivity index (χ0) is 25.4. The van der Waals surface area contributed by atoms with Crippen LogP contribution in [0.4, 0.5) is 11.6 Å². The van der Waals surface area contributed by atoms with Crippen molar-refractivity contribution < 1.29 is 4.79 Å². The highest BCUT2D eigenvalue weighted by Gasteiger charge is 2.44. The predicted molar refractivity (Wildman–Crippen MR) is 147 cm³/mol. The van der Waals surface area contributed by atoms with E-state index in [1.54, 1.807) is 0 Å². The van der Waals surface area contributed by atoms with Gasteiger partial charge in [0.15, 0.2) is 0 Å². The molecule has 2 fully saturated rings. The Bertz CT molecular complexity index is 1210. The summed E-state index contributed by atoms with van der Waals surface area (Å²) in [6, 6.07) is 6.27. The van der Waals surface area contributed by atoms with Crippen molar-refractivity contribution in [2.24, 2.45) is 0 Å². The minimum atomic E-state index is 0.0198. The molecule has 0 saturated carbocycles. The van der Waals surface area contributed by atoms with E-state index < -0.39 is 0 Å². The minimum absolute atomic E-state index is 0.0198. The number of hydrogen-bond donors (Lipinski definition) is 2. The maximum atomic E-state index is 12.9. The van der Waals surface area contributed by atoms with Crippen molar-refractivity contribution >= 4 is 17.5 Å². The third-order valence-corrected chi connectivity index (χ3v) is 9.14. The number of carbonyl (C=O) groups is 1. The Labute approximate surface area is 219 Å². The van der Waals surface area contributed by atoms with Crippen LogP contribution in [0.25, 0.3) is 0 Å². The summed E-state index contributed by atoms with van der Waals surface area (Å²) in [7, 11) is 2.14. The third-order valence-electron chi connectivity index (χ3n) is 9.14. The standard InChI is InChI=1S/C29H40N6O2/c1-33-20-29(11-16-35(17-12-29)28-31-24-8-4-3-7-22(24)27(37)32-28)23-10-9-21(19-25(23)33)26(36)30-13-18-34-14-5-2-6-15-34/h9-10,19H,2-8,11-18,20H2,1H3,(H,30,36)(H,31,32,37). The number of aromatic nitrogens is 2. The zero-order valence-corrected chi connectivity index (χ0v) is 22.2. The molecule has 3 aliphatic heterocycles. The fraction of sp³-hybridized carbons (Fsp3) is 0.621. The highest BCUT2D eigenvalue weighted by Crippen LogP contribution is 2.47. The molecule has 8 nitrogen and oxygen atoms in total. The number of benzene rings is 1. The lowest BCUT2D eigenvalue weighted by molar-refractivity contribution is 0.0946. The SMILES string of the molecule is CN1CC2(CCN(c3nc4c(c(=O)[nH]3)CCCC4)CC2)c2ccc(C(=O)NCCN3CCCCC3)cc21. The van der Waals surface area contributed by atoms with Gasteiger partial charge in [-0.2, -0.15) is 0 Å². The number of likely N-dealkylation sites (tertiary alicyclic amines) is 1. The van der Waals surface area contributed by atoms with Crippen LogP contribution in [-0.2, 0) is 18.3 Å². The number of aromatic amines is 1. The summed E-state index contributed by atoms with van der Waals surface area (Å²) in [5.74, 6) is 0.759. The fourth-order valence-corrected chi connectivity index (χ4v) is 6.99. The van der Waals surface area contributed by atoms with E-state index in [9.17, 15) is 9.59 Å². The van der Waals surface area contributed by atoms with Crippen molar-refractivity contribution in [2.75, 3.05) is 62.7 Å². The quantitative estimate of drug-likeness (QED) is 0.652. The number of anilines is 2. The lowest BCUT2D eigenvalue weighted by Crippen LogP contribution is -2.46. The summed E-state index contributed by atoms with van der Waals surface area (Å²) in [4.78, 5) is 40.5. The number of carbonyl (C=O) groups excluding carboxylic acids is 1. The van der Waals surface area contributed by atoms with Crippen molar-refractivity contribution in [3.05, 3.63) is 50.9 Å². The van der Waals surface area contributed by atoms with Crippen LogP contribution in [0.1, 0.15) is 72.1 Å². The summed E-state index contributed by atoms with van der Waals surface area (Å²) in [6.45, 7) is 6.63. The molecule has 6 rings (SSSR count). The minimum Gasteiger partial charge on any atom is -0.373 e. The lowest BCUT2D eigenvalue weighted by Gasteiger charge is -2.40. The van der Waals surface area contributed by atoms with E-state index in [1.165, 1.54) is 30.5 Å². The third kappa shape index (κ3) is 4.76. The molecular formula is C29H40N6O2. The Morgan fingerprint density at radius 1 is 1.05 bits per heavy atom. The molecule has 4 heterocycles. The highest BCUT2D eigenvalue weighted by atomic mass is 16.1. The Morgan fingerprint density at radius 2 is 1.84 bits per heavy atom. The van der Waals surface area contributed by atoms with E-state index >= 15 is 0 Å². The molecular weight excluding hydrogens is 464 g/mol. The average Bonchev–Trinajstić information content (AvgIpc) is 3.19. The molecule has 4 aliphatic rings. The summed E-state index contributed by atoms with van der Waals surface area (Å²) in [5.41, 5.74) is 5.29. The Balaban J connectivity index is 1.12. The fourth-order valence-electron chi connectivity index (χ4n) is 6.99. The molecule has 1 aromatic carbocycles. The molecule has 0 radical (unpaired) electrons. The van der Waals surface area contributed by atoms with Gasteiger partial charge in [0.2, 0.25) is 5.95 Å².